The molecule has 0 aromatic carbocycles. The number of nitrogens with zero attached hydrogens (tertiary/aromatic N) is 1. The topological polar surface area (TPSA) is 65.5 Å². The van der Waals surface area contributed by atoms with Crippen molar-refractivity contribution < 1.29 is 4.79 Å². The molecule has 126 valence electrons. The monoisotopic (exact) mass is 438 g/mol. The molecule has 1 aromatic rings. The number of nitrogens with one attached hydrogen (secondary N) is 3. The SMILES string of the molecule is CN=C(NCC(C)c1cccs1)NCC(C)(C)C(=O)NC.I. The third kappa shape index (κ3) is 6.51. The Bertz CT molecular complexity index is 474. The van der Waals surface area contributed by atoms with Crippen molar-refractivity contribution >= 4 is 47.2 Å². The van der Waals surface area contributed by atoms with Gasteiger partial charge in [-0.05, 0) is 25.3 Å². The van der Waals surface area contributed by atoms with Crippen LogP contribution in [-0.2, 0) is 4.79 Å². The van der Waals surface area contributed by atoms with Gasteiger partial charge in [-0.2, -0.15) is 0 Å². The number of hydrogen-bond acceptors (Lipinski definition) is 3. The van der Waals surface area contributed by atoms with Crippen molar-refractivity contribution in [1.82, 2.24) is 16.0 Å². The highest BCUT2D eigenvalue weighted by Gasteiger charge is 2.26. The largest absolute Gasteiger partial charge is 0.359 e. The molecule has 0 aliphatic carbocycles. The molecular formula is C15H27IN4OS. The fourth-order valence-electron chi connectivity index (χ4n) is 1.87. The Morgan fingerprint density at radius 2 is 2.09 bits per heavy atom. The van der Waals surface area contributed by atoms with Gasteiger partial charge < -0.3 is 16.0 Å². The van der Waals surface area contributed by atoms with Crippen LogP contribution in [-0.4, -0.2) is 39.1 Å². The number of thiophene rings is 1. The number of halogens is 1. The average Bonchev–Trinajstić information content (AvgIpc) is 3.00. The normalized spacial score (nSPS) is 13.0. The van der Waals surface area contributed by atoms with Gasteiger partial charge in [0, 0.05) is 38.0 Å². The number of carbonyl (C=O) groups is 1. The molecule has 0 saturated heterocycles. The van der Waals surface area contributed by atoms with Crippen LogP contribution < -0.4 is 16.0 Å². The van der Waals surface area contributed by atoms with E-state index in [9.17, 15) is 4.79 Å². The van der Waals surface area contributed by atoms with Gasteiger partial charge in [-0.15, -0.1) is 35.3 Å². The van der Waals surface area contributed by atoms with Crippen molar-refractivity contribution in [2.75, 3.05) is 27.2 Å². The lowest BCUT2D eigenvalue weighted by Crippen LogP contribution is -2.47. The van der Waals surface area contributed by atoms with Gasteiger partial charge in [0.2, 0.25) is 5.91 Å². The summed E-state index contributed by atoms with van der Waals surface area (Å²) in [5.41, 5.74) is -0.480. The molecule has 22 heavy (non-hydrogen) atoms. The fourth-order valence-corrected chi connectivity index (χ4v) is 2.65. The van der Waals surface area contributed by atoms with Gasteiger partial charge in [0.25, 0.3) is 0 Å². The van der Waals surface area contributed by atoms with E-state index in [1.807, 2.05) is 13.8 Å². The Balaban J connectivity index is 0.00000441. The molecule has 0 radical (unpaired) electrons. The third-order valence-electron chi connectivity index (χ3n) is 3.37. The molecule has 3 N–H and O–H groups in total. The fraction of sp³-hybridized carbons (Fsp3) is 0.600. The molecule has 0 saturated carbocycles. The minimum absolute atomic E-state index is 0. The summed E-state index contributed by atoms with van der Waals surface area (Å²) < 4.78 is 0. The molecule has 1 heterocycles. The number of amides is 1. The minimum atomic E-state index is -0.480. The van der Waals surface area contributed by atoms with Crippen LogP contribution in [0.3, 0.4) is 0 Å². The maximum atomic E-state index is 11.7. The second-order valence-electron chi connectivity index (χ2n) is 5.69. The molecule has 0 aliphatic rings. The molecule has 0 fully saturated rings. The highest BCUT2D eigenvalue weighted by Crippen LogP contribution is 2.19. The maximum absolute atomic E-state index is 11.7. The molecule has 1 atom stereocenters. The molecule has 5 nitrogen and oxygen atoms in total. The first kappa shape index (κ1) is 21.2. The van der Waals surface area contributed by atoms with Gasteiger partial charge in [-0.1, -0.05) is 13.0 Å². The Kier molecular flexibility index (Phi) is 9.66. The molecule has 1 unspecified atom stereocenters. The van der Waals surface area contributed by atoms with Crippen molar-refractivity contribution in [2.45, 2.75) is 26.7 Å². The lowest BCUT2D eigenvalue weighted by molar-refractivity contribution is -0.128. The standard InChI is InChI=1S/C15H26N4OS.HI/c1-11(12-7-6-8-21-12)9-18-14(17-5)19-10-15(2,3)13(20)16-4;/h6-8,11H,9-10H2,1-5H3,(H,16,20)(H2,17,18,19);1H. The summed E-state index contributed by atoms with van der Waals surface area (Å²) >= 11 is 1.76. The highest BCUT2D eigenvalue weighted by molar-refractivity contribution is 14.0. The van der Waals surface area contributed by atoms with Crippen LogP contribution in [0.1, 0.15) is 31.6 Å². The van der Waals surface area contributed by atoms with Crippen molar-refractivity contribution in [3.05, 3.63) is 22.4 Å². The predicted molar refractivity (Wildman–Crippen MR) is 105 cm³/mol. The van der Waals surface area contributed by atoms with E-state index in [0.29, 0.717) is 12.5 Å². The third-order valence-corrected chi connectivity index (χ3v) is 4.47. The van der Waals surface area contributed by atoms with E-state index in [4.69, 9.17) is 0 Å². The Labute approximate surface area is 154 Å². The van der Waals surface area contributed by atoms with Crippen LogP contribution >= 0.6 is 35.3 Å². The van der Waals surface area contributed by atoms with E-state index in [2.05, 4.69) is 45.4 Å². The zero-order valence-electron chi connectivity index (χ0n) is 13.9. The van der Waals surface area contributed by atoms with Gasteiger partial charge in [-0.25, -0.2) is 0 Å². The summed E-state index contributed by atoms with van der Waals surface area (Å²) in [6.45, 7) is 7.32. The van der Waals surface area contributed by atoms with Crippen LogP contribution in [0.15, 0.2) is 22.5 Å². The molecule has 1 aromatic heterocycles. The zero-order chi connectivity index (χ0) is 15.9. The lowest BCUT2D eigenvalue weighted by atomic mass is 9.92. The summed E-state index contributed by atoms with van der Waals surface area (Å²) in [5.74, 6) is 1.16. The Morgan fingerprint density at radius 3 is 2.59 bits per heavy atom. The summed E-state index contributed by atoms with van der Waals surface area (Å²) in [6.07, 6.45) is 0. The van der Waals surface area contributed by atoms with E-state index >= 15 is 0 Å². The molecule has 0 spiro atoms. The van der Waals surface area contributed by atoms with Crippen molar-refractivity contribution in [1.29, 1.82) is 0 Å². The van der Waals surface area contributed by atoms with Gasteiger partial charge in [0.15, 0.2) is 5.96 Å². The Morgan fingerprint density at radius 1 is 1.41 bits per heavy atom. The second kappa shape index (κ2) is 10.0. The number of rotatable bonds is 6. The average molecular weight is 438 g/mol. The molecule has 1 amide bonds. The zero-order valence-corrected chi connectivity index (χ0v) is 17.0. The summed E-state index contributed by atoms with van der Waals surface area (Å²) in [5, 5.41) is 11.3. The second-order valence-corrected chi connectivity index (χ2v) is 6.67. The number of carbonyl (C=O) groups excluding carboxylic acids is 1. The van der Waals surface area contributed by atoms with Crippen LogP contribution in [0.2, 0.25) is 0 Å². The van der Waals surface area contributed by atoms with E-state index in [1.54, 1.807) is 25.4 Å². The smallest absolute Gasteiger partial charge is 0.227 e. The van der Waals surface area contributed by atoms with Crippen molar-refractivity contribution in [3.8, 4) is 0 Å². The van der Waals surface area contributed by atoms with Crippen LogP contribution in [0.25, 0.3) is 0 Å². The van der Waals surface area contributed by atoms with Crippen LogP contribution in [0.4, 0.5) is 0 Å². The van der Waals surface area contributed by atoms with Crippen LogP contribution in [0.5, 0.6) is 0 Å². The molecule has 7 heteroatoms. The van der Waals surface area contributed by atoms with E-state index < -0.39 is 5.41 Å². The maximum Gasteiger partial charge on any atom is 0.227 e. The van der Waals surface area contributed by atoms with Gasteiger partial charge >= 0.3 is 0 Å². The summed E-state index contributed by atoms with van der Waals surface area (Å²) in [4.78, 5) is 17.3. The first-order valence-corrected chi connectivity index (χ1v) is 7.98. The van der Waals surface area contributed by atoms with Crippen LogP contribution in [0, 0.1) is 5.41 Å². The summed E-state index contributed by atoms with van der Waals surface area (Å²) in [7, 11) is 3.39. The molecule has 0 aliphatic heterocycles. The predicted octanol–water partition coefficient (Wildman–Crippen LogP) is 2.41. The van der Waals surface area contributed by atoms with Crippen molar-refractivity contribution in [2.24, 2.45) is 10.4 Å². The number of aliphatic imine (C=N–C) groups is 1. The van der Waals surface area contributed by atoms with Gasteiger partial charge in [0.1, 0.15) is 0 Å². The van der Waals surface area contributed by atoms with Gasteiger partial charge in [0.05, 0.1) is 5.41 Å². The molecular weight excluding hydrogens is 411 g/mol. The quantitative estimate of drug-likeness (QED) is 0.363. The molecule has 1 rings (SSSR count). The molecule has 0 bridgehead atoms. The van der Waals surface area contributed by atoms with E-state index in [1.165, 1.54) is 4.88 Å². The number of hydrogen-bond donors (Lipinski definition) is 3. The first-order chi connectivity index (χ1) is 9.90. The minimum Gasteiger partial charge on any atom is -0.359 e. The highest BCUT2D eigenvalue weighted by atomic mass is 127. The summed E-state index contributed by atoms with van der Waals surface area (Å²) in [6, 6.07) is 4.21. The van der Waals surface area contributed by atoms with Gasteiger partial charge in [-0.3, -0.25) is 9.79 Å². The van der Waals surface area contributed by atoms with E-state index in [0.717, 1.165) is 12.5 Å². The van der Waals surface area contributed by atoms with E-state index in [-0.39, 0.29) is 29.9 Å². The lowest BCUT2D eigenvalue weighted by Gasteiger charge is -2.24. The Hall–Kier alpha value is -0.830. The number of guanidine groups is 1. The first-order valence-electron chi connectivity index (χ1n) is 7.11. The van der Waals surface area contributed by atoms with Crippen molar-refractivity contribution in [3.63, 3.8) is 0 Å².